The summed E-state index contributed by atoms with van der Waals surface area (Å²) in [6.07, 6.45) is 4.11. The summed E-state index contributed by atoms with van der Waals surface area (Å²) in [7, 11) is 0. The zero-order valence-electron chi connectivity index (χ0n) is 19.6. The number of benzene rings is 2. The predicted molar refractivity (Wildman–Crippen MR) is 138 cm³/mol. The van der Waals surface area contributed by atoms with E-state index in [-0.39, 0.29) is 5.41 Å². The van der Waals surface area contributed by atoms with Gasteiger partial charge in [-0.15, -0.1) is 0 Å². The zero-order chi connectivity index (χ0) is 22.8. The molecule has 32 heavy (non-hydrogen) atoms. The van der Waals surface area contributed by atoms with Gasteiger partial charge in [0.15, 0.2) is 0 Å². The summed E-state index contributed by atoms with van der Waals surface area (Å²) in [4.78, 5) is 2.39. The van der Waals surface area contributed by atoms with E-state index in [2.05, 4.69) is 110 Å². The van der Waals surface area contributed by atoms with Gasteiger partial charge in [-0.1, -0.05) is 55.2 Å². The van der Waals surface area contributed by atoms with Crippen LogP contribution in [0, 0.1) is 17.3 Å². The van der Waals surface area contributed by atoms with Crippen molar-refractivity contribution >= 4 is 11.3 Å². The Labute approximate surface area is 197 Å². The third-order valence-corrected chi connectivity index (χ3v) is 5.63. The van der Waals surface area contributed by atoms with Crippen LogP contribution in [0.25, 0.3) is 11.1 Å². The first-order valence-corrected chi connectivity index (χ1v) is 12.1. The minimum Gasteiger partial charge on any atom is -0.489 e. The lowest BCUT2D eigenvalue weighted by atomic mass is 9.98. The first kappa shape index (κ1) is 23.9. The number of rotatable bonds is 9. The normalized spacial score (nSPS) is 11.5. The van der Waals surface area contributed by atoms with Crippen molar-refractivity contribution in [2.75, 3.05) is 13.1 Å². The molecule has 0 atom stereocenters. The van der Waals surface area contributed by atoms with E-state index in [1.165, 1.54) is 22.3 Å². The van der Waals surface area contributed by atoms with Gasteiger partial charge in [0.05, 0.1) is 0 Å². The van der Waals surface area contributed by atoms with Crippen molar-refractivity contribution < 1.29 is 4.74 Å². The van der Waals surface area contributed by atoms with E-state index < -0.39 is 0 Å². The minimum atomic E-state index is 0.0421. The Morgan fingerprint density at radius 2 is 1.81 bits per heavy atom. The van der Waals surface area contributed by atoms with Gasteiger partial charge in [-0.25, -0.2) is 0 Å². The summed E-state index contributed by atoms with van der Waals surface area (Å²) in [6, 6.07) is 19.1. The van der Waals surface area contributed by atoms with Gasteiger partial charge in [-0.05, 0) is 90.7 Å². The van der Waals surface area contributed by atoms with Crippen LogP contribution in [0.2, 0.25) is 0 Å². The van der Waals surface area contributed by atoms with Crippen LogP contribution >= 0.6 is 11.3 Å². The largest absolute Gasteiger partial charge is 0.489 e. The van der Waals surface area contributed by atoms with E-state index in [0.717, 1.165) is 25.4 Å². The molecule has 0 unspecified atom stereocenters. The Bertz CT molecular complexity index is 1060. The molecule has 0 saturated heterocycles. The summed E-state index contributed by atoms with van der Waals surface area (Å²) in [5, 5.41) is 4.29. The Hall–Kier alpha value is -2.80. The van der Waals surface area contributed by atoms with Crippen LogP contribution in [0.5, 0.6) is 5.75 Å². The summed E-state index contributed by atoms with van der Waals surface area (Å²) >= 11 is 1.72. The van der Waals surface area contributed by atoms with Crippen LogP contribution in [0.15, 0.2) is 77.5 Å². The van der Waals surface area contributed by atoms with Crippen molar-refractivity contribution in [1.82, 2.24) is 4.90 Å². The maximum absolute atomic E-state index is 6.12. The quantitative estimate of drug-likeness (QED) is 0.319. The second-order valence-corrected chi connectivity index (χ2v) is 9.68. The standard InChI is InChI=1S/C29H33NOS/c1-5-30(17-8-6-7-16-29(2,3)4)21-24-11-10-14-28(20-24)31-22-25-12-9-13-26(19-25)27-15-18-32-23-27/h6,8-15,18-20,23H,5,17,21-22H2,1-4H3. The maximum atomic E-state index is 6.12. The SMILES string of the molecule is CCN(CC=CC#CC(C)(C)C)Cc1cccc(OCc2cccc(-c3ccsc3)c2)c1. The third kappa shape index (κ3) is 8.04. The van der Waals surface area contributed by atoms with Crippen molar-refractivity contribution in [3.63, 3.8) is 0 Å². The number of hydrogen-bond donors (Lipinski definition) is 0. The van der Waals surface area contributed by atoms with Crippen molar-refractivity contribution in [3.8, 4) is 28.7 Å². The molecule has 0 saturated carbocycles. The van der Waals surface area contributed by atoms with E-state index in [0.29, 0.717) is 6.61 Å². The highest BCUT2D eigenvalue weighted by molar-refractivity contribution is 7.08. The summed E-state index contributed by atoms with van der Waals surface area (Å²) in [6.45, 7) is 11.9. The first-order valence-electron chi connectivity index (χ1n) is 11.2. The molecule has 0 amide bonds. The lowest BCUT2D eigenvalue weighted by molar-refractivity contribution is 0.299. The second kappa shape index (κ2) is 11.7. The van der Waals surface area contributed by atoms with Crippen molar-refractivity contribution in [2.45, 2.75) is 40.8 Å². The van der Waals surface area contributed by atoms with Gasteiger partial charge in [-0.2, -0.15) is 11.3 Å². The molecule has 2 aromatic carbocycles. The van der Waals surface area contributed by atoms with Gasteiger partial charge in [-0.3, -0.25) is 4.90 Å². The van der Waals surface area contributed by atoms with Crippen LogP contribution in [-0.4, -0.2) is 18.0 Å². The molecule has 3 heteroatoms. The molecule has 2 nitrogen and oxygen atoms in total. The van der Waals surface area contributed by atoms with E-state index >= 15 is 0 Å². The fraction of sp³-hybridized carbons (Fsp3) is 0.310. The lowest BCUT2D eigenvalue weighted by Crippen LogP contribution is -2.22. The summed E-state index contributed by atoms with van der Waals surface area (Å²) in [5.41, 5.74) is 4.97. The van der Waals surface area contributed by atoms with Crippen molar-refractivity contribution in [3.05, 3.63) is 88.6 Å². The molecule has 0 bridgehead atoms. The van der Waals surface area contributed by atoms with E-state index in [9.17, 15) is 0 Å². The van der Waals surface area contributed by atoms with Crippen LogP contribution < -0.4 is 4.74 Å². The highest BCUT2D eigenvalue weighted by Crippen LogP contribution is 2.24. The average Bonchev–Trinajstić information content (AvgIpc) is 3.31. The van der Waals surface area contributed by atoms with Gasteiger partial charge in [0.25, 0.3) is 0 Å². The number of ether oxygens (including phenoxy) is 1. The molecular weight excluding hydrogens is 410 g/mol. The molecule has 1 heterocycles. The molecule has 3 aromatic rings. The fourth-order valence-corrected chi connectivity index (χ4v) is 3.92. The summed E-state index contributed by atoms with van der Waals surface area (Å²) < 4.78 is 6.12. The molecule has 0 aliphatic carbocycles. The lowest BCUT2D eigenvalue weighted by Gasteiger charge is -2.19. The molecule has 166 valence electrons. The van der Waals surface area contributed by atoms with Gasteiger partial charge in [0, 0.05) is 18.5 Å². The van der Waals surface area contributed by atoms with E-state index in [1.807, 2.05) is 12.1 Å². The van der Waals surface area contributed by atoms with Gasteiger partial charge in [0.1, 0.15) is 12.4 Å². The first-order chi connectivity index (χ1) is 15.4. The third-order valence-electron chi connectivity index (χ3n) is 4.95. The van der Waals surface area contributed by atoms with Crippen LogP contribution in [0.3, 0.4) is 0 Å². The fourth-order valence-electron chi connectivity index (χ4n) is 3.25. The number of allylic oxidation sites excluding steroid dienone is 1. The Morgan fingerprint density at radius 3 is 2.56 bits per heavy atom. The minimum absolute atomic E-state index is 0.0421. The molecule has 0 radical (unpaired) electrons. The highest BCUT2D eigenvalue weighted by Gasteiger charge is 2.05. The Morgan fingerprint density at radius 1 is 1.00 bits per heavy atom. The Kier molecular flexibility index (Phi) is 8.73. The van der Waals surface area contributed by atoms with Gasteiger partial charge >= 0.3 is 0 Å². The second-order valence-electron chi connectivity index (χ2n) is 8.90. The number of nitrogens with zero attached hydrogens (tertiary/aromatic N) is 1. The molecule has 0 spiro atoms. The van der Waals surface area contributed by atoms with Gasteiger partial charge in [0.2, 0.25) is 0 Å². The van der Waals surface area contributed by atoms with Crippen LogP contribution in [-0.2, 0) is 13.2 Å². The molecule has 3 rings (SSSR count). The molecule has 0 N–H and O–H groups in total. The van der Waals surface area contributed by atoms with Crippen LogP contribution in [0.1, 0.15) is 38.8 Å². The topological polar surface area (TPSA) is 12.5 Å². The number of likely N-dealkylation sites (N-methyl/N-ethyl adjacent to an activating group) is 1. The molecule has 0 aliphatic rings. The van der Waals surface area contributed by atoms with Gasteiger partial charge < -0.3 is 4.74 Å². The molecular formula is C29H33NOS. The Balaban J connectivity index is 1.56. The maximum Gasteiger partial charge on any atom is 0.120 e. The van der Waals surface area contributed by atoms with E-state index in [4.69, 9.17) is 4.74 Å². The van der Waals surface area contributed by atoms with Crippen molar-refractivity contribution in [1.29, 1.82) is 0 Å². The predicted octanol–water partition coefficient (Wildman–Crippen LogP) is 7.42. The molecule has 0 fully saturated rings. The number of hydrogen-bond acceptors (Lipinski definition) is 3. The molecule has 1 aromatic heterocycles. The molecule has 0 aliphatic heterocycles. The number of thiophene rings is 1. The monoisotopic (exact) mass is 443 g/mol. The van der Waals surface area contributed by atoms with E-state index in [1.54, 1.807) is 11.3 Å². The summed E-state index contributed by atoms with van der Waals surface area (Å²) in [5.74, 6) is 7.29. The zero-order valence-corrected chi connectivity index (χ0v) is 20.4. The van der Waals surface area contributed by atoms with Crippen LogP contribution in [0.4, 0.5) is 0 Å². The van der Waals surface area contributed by atoms with Crippen molar-refractivity contribution in [2.24, 2.45) is 5.41 Å². The smallest absolute Gasteiger partial charge is 0.120 e. The highest BCUT2D eigenvalue weighted by atomic mass is 32.1. The average molecular weight is 444 g/mol.